The summed E-state index contributed by atoms with van der Waals surface area (Å²) in [6.45, 7) is 5.84. The van der Waals surface area contributed by atoms with Crippen LogP contribution < -0.4 is 10.1 Å². The molecule has 0 bridgehead atoms. The van der Waals surface area contributed by atoms with Crippen molar-refractivity contribution < 1.29 is 9.53 Å². The lowest BCUT2D eigenvalue weighted by Gasteiger charge is -2.13. The number of aryl methyl sites for hydroxylation is 1. The Labute approximate surface area is 169 Å². The molecule has 1 amide bonds. The normalized spacial score (nSPS) is 12.1. The molecule has 1 atom stereocenters. The van der Waals surface area contributed by atoms with E-state index in [-0.39, 0.29) is 11.9 Å². The molecule has 0 saturated heterocycles. The first kappa shape index (κ1) is 18.7. The highest BCUT2D eigenvalue weighted by atomic mass is 16.5. The molecule has 0 radical (unpaired) electrons. The molecule has 4 aromatic rings. The summed E-state index contributed by atoms with van der Waals surface area (Å²) in [7, 11) is 1.64. The van der Waals surface area contributed by atoms with Crippen molar-refractivity contribution in [3.05, 3.63) is 77.5 Å². The third kappa shape index (κ3) is 3.35. The summed E-state index contributed by atoms with van der Waals surface area (Å²) in [6, 6.07) is 15.1. The monoisotopic (exact) mass is 389 g/mol. The van der Waals surface area contributed by atoms with Gasteiger partial charge in [-0.2, -0.15) is 0 Å². The van der Waals surface area contributed by atoms with E-state index in [2.05, 4.69) is 20.1 Å². The van der Waals surface area contributed by atoms with Crippen LogP contribution in [0.15, 0.2) is 54.7 Å². The van der Waals surface area contributed by atoms with Crippen LogP contribution in [0.2, 0.25) is 0 Å². The second-order valence-corrected chi connectivity index (χ2v) is 7.00. The fourth-order valence-electron chi connectivity index (χ4n) is 3.62. The molecule has 0 fully saturated rings. The van der Waals surface area contributed by atoms with Crippen LogP contribution in [0.4, 0.5) is 0 Å². The minimum atomic E-state index is -0.288. The van der Waals surface area contributed by atoms with Crippen molar-refractivity contribution in [3.63, 3.8) is 0 Å². The van der Waals surface area contributed by atoms with Crippen LogP contribution in [0.3, 0.4) is 0 Å². The fraction of sp³-hybridized carbons (Fsp3) is 0.227. The number of aromatic nitrogens is 4. The number of carbonyl (C=O) groups is 1. The second-order valence-electron chi connectivity index (χ2n) is 7.00. The Kier molecular flexibility index (Phi) is 4.80. The highest BCUT2D eigenvalue weighted by Gasteiger charge is 2.21. The first-order valence-electron chi connectivity index (χ1n) is 9.43. The van der Waals surface area contributed by atoms with Crippen LogP contribution in [0, 0.1) is 13.8 Å². The number of hydrogen-bond acceptors (Lipinski definition) is 4. The predicted octanol–water partition coefficient (Wildman–Crippen LogP) is 3.64. The third-order valence-corrected chi connectivity index (χ3v) is 5.08. The van der Waals surface area contributed by atoms with Crippen LogP contribution >= 0.6 is 0 Å². The zero-order chi connectivity index (χ0) is 20.5. The lowest BCUT2D eigenvalue weighted by molar-refractivity contribution is 0.0937. The Hall–Kier alpha value is -3.61. The Morgan fingerprint density at radius 2 is 1.86 bits per heavy atom. The summed E-state index contributed by atoms with van der Waals surface area (Å²) in [5.41, 5.74) is 4.23. The smallest absolute Gasteiger partial charge is 0.253 e. The van der Waals surface area contributed by atoms with Gasteiger partial charge in [-0.05, 0) is 63.2 Å². The molecular weight excluding hydrogens is 366 g/mol. The van der Waals surface area contributed by atoms with Crippen molar-refractivity contribution in [1.29, 1.82) is 0 Å². The molecule has 3 heterocycles. The molecule has 29 heavy (non-hydrogen) atoms. The molecule has 0 aliphatic heterocycles. The van der Waals surface area contributed by atoms with E-state index >= 15 is 0 Å². The number of nitrogens with zero attached hydrogens (tertiary/aromatic N) is 4. The number of fused-ring (bicyclic) bond motifs is 1. The van der Waals surface area contributed by atoms with Crippen LogP contribution in [0.1, 0.15) is 40.5 Å². The van der Waals surface area contributed by atoms with Gasteiger partial charge in [-0.3, -0.25) is 9.20 Å². The molecule has 0 aliphatic rings. The number of pyridine rings is 1. The van der Waals surface area contributed by atoms with Crippen molar-refractivity contribution in [2.24, 2.45) is 0 Å². The van der Waals surface area contributed by atoms with Gasteiger partial charge in [0.1, 0.15) is 5.75 Å². The van der Waals surface area contributed by atoms with Gasteiger partial charge in [0.05, 0.1) is 18.7 Å². The Morgan fingerprint density at radius 3 is 2.59 bits per heavy atom. The predicted molar refractivity (Wildman–Crippen MR) is 111 cm³/mol. The first-order chi connectivity index (χ1) is 14.0. The van der Waals surface area contributed by atoms with Crippen molar-refractivity contribution in [1.82, 2.24) is 24.5 Å². The molecule has 148 valence electrons. The quantitative estimate of drug-likeness (QED) is 0.566. The van der Waals surface area contributed by atoms with Gasteiger partial charge in [0.15, 0.2) is 11.5 Å². The summed E-state index contributed by atoms with van der Waals surface area (Å²) < 4.78 is 9.17. The number of hydrogen-bond donors (Lipinski definition) is 1. The fourth-order valence-corrected chi connectivity index (χ4v) is 3.62. The van der Waals surface area contributed by atoms with E-state index in [0.717, 1.165) is 28.5 Å². The number of amides is 1. The van der Waals surface area contributed by atoms with E-state index in [9.17, 15) is 4.79 Å². The largest absolute Gasteiger partial charge is 0.497 e. The maximum Gasteiger partial charge on any atom is 0.253 e. The van der Waals surface area contributed by atoms with E-state index in [1.807, 2.05) is 79.9 Å². The lowest BCUT2D eigenvalue weighted by atomic mass is 10.2. The molecule has 1 unspecified atom stereocenters. The van der Waals surface area contributed by atoms with Gasteiger partial charge in [-0.15, -0.1) is 10.2 Å². The van der Waals surface area contributed by atoms with Crippen molar-refractivity contribution in [2.45, 2.75) is 26.8 Å². The molecule has 1 aromatic carbocycles. The van der Waals surface area contributed by atoms with Gasteiger partial charge in [0.2, 0.25) is 0 Å². The number of methoxy groups -OCH3 is 1. The van der Waals surface area contributed by atoms with Crippen LogP contribution in [-0.4, -0.2) is 32.2 Å². The van der Waals surface area contributed by atoms with Gasteiger partial charge in [-0.25, -0.2) is 0 Å². The summed E-state index contributed by atoms with van der Waals surface area (Å²) in [5.74, 6) is 1.35. The number of rotatable bonds is 5. The third-order valence-electron chi connectivity index (χ3n) is 5.08. The molecule has 0 saturated carbocycles. The van der Waals surface area contributed by atoms with Gasteiger partial charge in [0.25, 0.3) is 5.91 Å². The highest BCUT2D eigenvalue weighted by molar-refractivity contribution is 5.96. The number of benzene rings is 1. The molecule has 7 heteroatoms. The summed E-state index contributed by atoms with van der Waals surface area (Å²) in [4.78, 5) is 13.0. The molecule has 7 nitrogen and oxygen atoms in total. The van der Waals surface area contributed by atoms with Crippen LogP contribution in [0.5, 0.6) is 5.75 Å². The Balaban J connectivity index is 1.60. The maximum atomic E-state index is 13.0. The number of ether oxygens (including phenoxy) is 1. The van der Waals surface area contributed by atoms with Crippen molar-refractivity contribution in [3.8, 4) is 11.4 Å². The van der Waals surface area contributed by atoms with E-state index in [1.54, 1.807) is 7.11 Å². The number of carbonyl (C=O) groups excluding carboxylic acids is 1. The zero-order valence-electron chi connectivity index (χ0n) is 16.9. The van der Waals surface area contributed by atoms with Gasteiger partial charge >= 0.3 is 0 Å². The standard InChI is InChI=1S/C22H23N5O2/c1-14-13-19(16(3)27(14)17-8-10-18(29-4)11-9-17)22(28)23-15(2)21-25-24-20-7-5-6-12-26(20)21/h5-13,15H,1-4H3,(H,23,28). The number of nitrogens with one attached hydrogen (secondary N) is 1. The first-order valence-corrected chi connectivity index (χ1v) is 9.43. The van der Waals surface area contributed by atoms with Gasteiger partial charge in [0, 0.05) is 23.3 Å². The van der Waals surface area contributed by atoms with Crippen LogP contribution in [0.25, 0.3) is 11.3 Å². The molecular formula is C22H23N5O2. The van der Waals surface area contributed by atoms with E-state index < -0.39 is 0 Å². The summed E-state index contributed by atoms with van der Waals surface area (Å²) >= 11 is 0. The second kappa shape index (κ2) is 7.43. The highest BCUT2D eigenvalue weighted by Crippen LogP contribution is 2.23. The van der Waals surface area contributed by atoms with Crippen LogP contribution in [-0.2, 0) is 0 Å². The topological polar surface area (TPSA) is 73.4 Å². The molecule has 0 spiro atoms. The summed E-state index contributed by atoms with van der Waals surface area (Å²) in [6.07, 6.45) is 1.89. The minimum Gasteiger partial charge on any atom is -0.497 e. The molecule has 4 rings (SSSR count). The van der Waals surface area contributed by atoms with Gasteiger partial charge < -0.3 is 14.6 Å². The average molecular weight is 389 g/mol. The zero-order valence-corrected chi connectivity index (χ0v) is 16.9. The Bertz CT molecular complexity index is 1170. The maximum absolute atomic E-state index is 13.0. The molecule has 0 aliphatic carbocycles. The molecule has 1 N–H and O–H groups in total. The van der Waals surface area contributed by atoms with E-state index in [1.165, 1.54) is 0 Å². The van der Waals surface area contributed by atoms with Crippen molar-refractivity contribution >= 4 is 11.6 Å². The minimum absolute atomic E-state index is 0.141. The van der Waals surface area contributed by atoms with E-state index in [4.69, 9.17) is 4.74 Å². The SMILES string of the molecule is COc1ccc(-n2c(C)cc(C(=O)NC(C)c3nnc4ccccn34)c2C)cc1. The van der Waals surface area contributed by atoms with Gasteiger partial charge in [-0.1, -0.05) is 6.07 Å². The Morgan fingerprint density at radius 1 is 1.10 bits per heavy atom. The van der Waals surface area contributed by atoms with E-state index in [0.29, 0.717) is 11.4 Å². The average Bonchev–Trinajstić information content (AvgIpc) is 3.29. The van der Waals surface area contributed by atoms with Crippen molar-refractivity contribution in [2.75, 3.05) is 7.11 Å². The summed E-state index contributed by atoms with van der Waals surface area (Å²) in [5, 5.41) is 11.4. The lowest BCUT2D eigenvalue weighted by Crippen LogP contribution is -2.28. The molecule has 3 aromatic heterocycles.